The number of aliphatic hydroxyl groups is 1. The summed E-state index contributed by atoms with van der Waals surface area (Å²) >= 11 is 11.2. The van der Waals surface area contributed by atoms with E-state index in [0.717, 1.165) is 25.4 Å². The van der Waals surface area contributed by atoms with Crippen molar-refractivity contribution < 1.29 is 5.11 Å². The van der Waals surface area contributed by atoms with Crippen molar-refractivity contribution in [2.45, 2.75) is 20.0 Å². The molecule has 0 aliphatic rings. The van der Waals surface area contributed by atoms with Crippen LogP contribution in [0.3, 0.4) is 0 Å². The summed E-state index contributed by atoms with van der Waals surface area (Å²) in [5, 5.41) is 11.0. The molecule has 17 heavy (non-hydrogen) atoms. The Bertz CT molecular complexity index is 550. The van der Waals surface area contributed by atoms with Crippen LogP contribution < -0.4 is 0 Å². The lowest BCUT2D eigenvalue weighted by molar-refractivity contribution is 0.223. The largest absolute Gasteiger partial charge is 0.383 e. The van der Waals surface area contributed by atoms with Gasteiger partial charge in [0.05, 0.1) is 4.88 Å². The van der Waals surface area contributed by atoms with Crippen molar-refractivity contribution in [3.63, 3.8) is 0 Å². The van der Waals surface area contributed by atoms with E-state index in [1.165, 1.54) is 0 Å². The predicted molar refractivity (Wildman–Crippen MR) is 77.0 cm³/mol. The Labute approximate surface area is 118 Å². The van der Waals surface area contributed by atoms with Crippen molar-refractivity contribution in [2.75, 3.05) is 0 Å². The van der Waals surface area contributed by atoms with Crippen LogP contribution in [0.5, 0.6) is 0 Å². The van der Waals surface area contributed by atoms with Gasteiger partial charge in [0.2, 0.25) is 0 Å². The van der Waals surface area contributed by atoms with E-state index in [0.29, 0.717) is 5.02 Å². The predicted octanol–water partition coefficient (Wildman–Crippen LogP) is 4.86. The van der Waals surface area contributed by atoms with Crippen LogP contribution in [-0.2, 0) is 0 Å². The van der Waals surface area contributed by atoms with E-state index in [-0.39, 0.29) is 0 Å². The molecule has 1 aromatic carbocycles. The first-order valence-electron chi connectivity index (χ1n) is 5.19. The molecule has 2 rings (SSSR count). The second-order valence-electron chi connectivity index (χ2n) is 4.00. The molecule has 0 bridgehead atoms. The molecule has 2 aromatic rings. The monoisotopic (exact) mass is 330 g/mol. The molecule has 1 unspecified atom stereocenters. The normalized spacial score (nSPS) is 12.8. The van der Waals surface area contributed by atoms with Gasteiger partial charge in [-0.3, -0.25) is 0 Å². The number of aryl methyl sites for hydroxylation is 2. The highest BCUT2D eigenvalue weighted by molar-refractivity contribution is 9.10. The van der Waals surface area contributed by atoms with Gasteiger partial charge in [0, 0.05) is 19.9 Å². The first-order valence-corrected chi connectivity index (χ1v) is 7.17. The molecular formula is C13H12BrClOS. The standard InChI is InChI=1S/C13H12BrClOS/c1-7-3-4-9(11(15)5-7)12(16)13-10(14)6-8(2)17-13/h3-6,12,16H,1-2H3. The maximum Gasteiger partial charge on any atom is 0.116 e. The highest BCUT2D eigenvalue weighted by Crippen LogP contribution is 2.37. The molecule has 1 atom stereocenters. The zero-order valence-electron chi connectivity index (χ0n) is 9.50. The minimum atomic E-state index is -0.670. The summed E-state index contributed by atoms with van der Waals surface area (Å²) < 4.78 is 0.934. The molecule has 0 saturated heterocycles. The molecule has 1 N–H and O–H groups in total. The number of halogens is 2. The van der Waals surface area contributed by atoms with Gasteiger partial charge in [-0.05, 0) is 47.5 Å². The van der Waals surface area contributed by atoms with Gasteiger partial charge in [-0.15, -0.1) is 11.3 Å². The minimum Gasteiger partial charge on any atom is -0.383 e. The van der Waals surface area contributed by atoms with Crippen LogP contribution in [0.1, 0.15) is 27.0 Å². The Morgan fingerprint density at radius 2 is 2.00 bits per heavy atom. The van der Waals surface area contributed by atoms with Crippen LogP contribution in [0.2, 0.25) is 5.02 Å². The first kappa shape index (κ1) is 13.1. The quantitative estimate of drug-likeness (QED) is 0.833. The lowest BCUT2D eigenvalue weighted by Crippen LogP contribution is -1.99. The molecule has 90 valence electrons. The highest BCUT2D eigenvalue weighted by atomic mass is 79.9. The van der Waals surface area contributed by atoms with Crippen molar-refractivity contribution in [1.29, 1.82) is 0 Å². The summed E-state index contributed by atoms with van der Waals surface area (Å²) in [6.07, 6.45) is -0.670. The van der Waals surface area contributed by atoms with Crippen LogP contribution in [0, 0.1) is 13.8 Å². The molecule has 1 nitrogen and oxygen atoms in total. The van der Waals surface area contributed by atoms with E-state index in [1.54, 1.807) is 11.3 Å². The Balaban J connectivity index is 2.43. The number of thiophene rings is 1. The molecule has 0 saturated carbocycles. The summed E-state index contributed by atoms with van der Waals surface area (Å²) in [6.45, 7) is 4.00. The van der Waals surface area contributed by atoms with Crippen LogP contribution in [0.15, 0.2) is 28.7 Å². The Kier molecular flexibility index (Phi) is 3.93. The molecule has 4 heteroatoms. The smallest absolute Gasteiger partial charge is 0.116 e. The Morgan fingerprint density at radius 3 is 2.53 bits per heavy atom. The maximum absolute atomic E-state index is 10.4. The summed E-state index contributed by atoms with van der Waals surface area (Å²) in [6, 6.07) is 7.71. The second-order valence-corrected chi connectivity index (χ2v) is 6.55. The van der Waals surface area contributed by atoms with Crippen LogP contribution in [-0.4, -0.2) is 5.11 Å². The fourth-order valence-electron chi connectivity index (χ4n) is 1.68. The molecule has 0 aliphatic heterocycles. The van der Waals surface area contributed by atoms with Crippen molar-refractivity contribution in [3.8, 4) is 0 Å². The lowest BCUT2D eigenvalue weighted by Gasteiger charge is -2.12. The average Bonchev–Trinajstić information content (AvgIpc) is 2.57. The fourth-order valence-corrected chi connectivity index (χ4v) is 3.89. The van der Waals surface area contributed by atoms with Gasteiger partial charge in [0.25, 0.3) is 0 Å². The van der Waals surface area contributed by atoms with Crippen LogP contribution >= 0.6 is 38.9 Å². The SMILES string of the molecule is Cc1ccc(C(O)c2sc(C)cc2Br)c(Cl)c1. The number of hydrogen-bond donors (Lipinski definition) is 1. The molecule has 0 fully saturated rings. The molecule has 1 heterocycles. The third-order valence-electron chi connectivity index (χ3n) is 2.54. The number of rotatable bonds is 2. The van der Waals surface area contributed by atoms with Gasteiger partial charge in [-0.1, -0.05) is 23.7 Å². The van der Waals surface area contributed by atoms with Gasteiger partial charge >= 0.3 is 0 Å². The molecule has 0 amide bonds. The van der Waals surface area contributed by atoms with E-state index in [2.05, 4.69) is 15.9 Å². The molecule has 0 aliphatic carbocycles. The molecular weight excluding hydrogens is 320 g/mol. The molecule has 0 radical (unpaired) electrons. The third kappa shape index (κ3) is 2.74. The van der Waals surface area contributed by atoms with Gasteiger partial charge in [-0.25, -0.2) is 0 Å². The van der Waals surface area contributed by atoms with E-state index < -0.39 is 6.10 Å². The van der Waals surface area contributed by atoms with E-state index in [9.17, 15) is 5.11 Å². The van der Waals surface area contributed by atoms with E-state index >= 15 is 0 Å². The number of aliphatic hydroxyl groups excluding tert-OH is 1. The zero-order valence-corrected chi connectivity index (χ0v) is 12.7. The van der Waals surface area contributed by atoms with Crippen molar-refractivity contribution in [1.82, 2.24) is 0 Å². The van der Waals surface area contributed by atoms with Crippen molar-refractivity contribution in [2.24, 2.45) is 0 Å². The Hall–Kier alpha value is -0.350. The highest BCUT2D eigenvalue weighted by Gasteiger charge is 2.18. The summed E-state index contributed by atoms with van der Waals surface area (Å²) in [5.41, 5.74) is 1.84. The fraction of sp³-hybridized carbons (Fsp3) is 0.231. The van der Waals surface area contributed by atoms with Gasteiger partial charge in [0.15, 0.2) is 0 Å². The second kappa shape index (κ2) is 5.11. The zero-order chi connectivity index (χ0) is 12.6. The number of hydrogen-bond acceptors (Lipinski definition) is 2. The summed E-state index contributed by atoms with van der Waals surface area (Å²) in [7, 11) is 0. The third-order valence-corrected chi connectivity index (χ3v) is 4.88. The first-order chi connectivity index (χ1) is 7.99. The summed E-state index contributed by atoms with van der Waals surface area (Å²) in [5.74, 6) is 0. The average molecular weight is 332 g/mol. The van der Waals surface area contributed by atoms with Crippen LogP contribution in [0.4, 0.5) is 0 Å². The molecule has 1 aromatic heterocycles. The lowest BCUT2D eigenvalue weighted by atomic mass is 10.1. The Morgan fingerprint density at radius 1 is 1.29 bits per heavy atom. The van der Waals surface area contributed by atoms with Gasteiger partial charge < -0.3 is 5.11 Å². The van der Waals surface area contributed by atoms with Crippen molar-refractivity contribution in [3.05, 3.63) is 54.6 Å². The van der Waals surface area contributed by atoms with Crippen LogP contribution in [0.25, 0.3) is 0 Å². The van der Waals surface area contributed by atoms with Gasteiger partial charge in [0.1, 0.15) is 6.10 Å². The molecule has 0 spiro atoms. The minimum absolute atomic E-state index is 0.607. The topological polar surface area (TPSA) is 20.2 Å². The van der Waals surface area contributed by atoms with E-state index in [1.807, 2.05) is 38.1 Å². The number of benzene rings is 1. The van der Waals surface area contributed by atoms with Gasteiger partial charge in [-0.2, -0.15) is 0 Å². The summed E-state index contributed by atoms with van der Waals surface area (Å²) in [4.78, 5) is 2.06. The van der Waals surface area contributed by atoms with Crippen molar-refractivity contribution >= 4 is 38.9 Å². The maximum atomic E-state index is 10.4. The van der Waals surface area contributed by atoms with E-state index in [4.69, 9.17) is 11.6 Å².